The Hall–Kier alpha value is -1.74. The molecular weight excluding hydrogens is 246 g/mol. The highest BCUT2D eigenvalue weighted by Gasteiger charge is 2.31. The molecule has 1 N–H and O–H groups in total. The van der Waals surface area contributed by atoms with Crippen molar-refractivity contribution >= 4 is 0 Å². The summed E-state index contributed by atoms with van der Waals surface area (Å²) < 4.78 is 0. The number of aromatic nitrogens is 2. The summed E-state index contributed by atoms with van der Waals surface area (Å²) in [4.78, 5) is 9.66. The summed E-state index contributed by atoms with van der Waals surface area (Å²) in [7, 11) is 0. The van der Waals surface area contributed by atoms with E-state index in [-0.39, 0.29) is 0 Å². The number of benzene rings is 1. The van der Waals surface area contributed by atoms with Crippen LogP contribution in [0.15, 0.2) is 24.3 Å². The summed E-state index contributed by atoms with van der Waals surface area (Å²) in [6, 6.07) is 8.64. The lowest BCUT2D eigenvalue weighted by molar-refractivity contribution is 0.754. The smallest absolute Gasteiger partial charge is 0.133 e. The van der Waals surface area contributed by atoms with Crippen molar-refractivity contribution in [3.8, 4) is 0 Å². The van der Waals surface area contributed by atoms with Gasteiger partial charge in [0.15, 0.2) is 0 Å². The summed E-state index contributed by atoms with van der Waals surface area (Å²) in [5.74, 6) is 1.68. The number of hydrogen-bond acceptors (Lipinski definition) is 3. The fourth-order valence-corrected chi connectivity index (χ4v) is 3.03. The van der Waals surface area contributed by atoms with Crippen LogP contribution in [0.2, 0.25) is 0 Å². The number of hydrogen-bond donors (Lipinski definition) is 1. The van der Waals surface area contributed by atoms with Gasteiger partial charge in [-0.25, -0.2) is 9.97 Å². The van der Waals surface area contributed by atoms with Crippen LogP contribution in [-0.4, -0.2) is 9.97 Å². The Balaban J connectivity index is 1.70. The van der Waals surface area contributed by atoms with E-state index in [2.05, 4.69) is 36.5 Å². The Kier molecular flexibility index (Phi) is 2.81. The second-order valence-corrected chi connectivity index (χ2v) is 5.99. The van der Waals surface area contributed by atoms with Gasteiger partial charge in [-0.1, -0.05) is 29.8 Å². The maximum absolute atomic E-state index is 4.88. The van der Waals surface area contributed by atoms with Gasteiger partial charge >= 0.3 is 0 Å². The predicted octanol–water partition coefficient (Wildman–Crippen LogP) is 2.86. The maximum Gasteiger partial charge on any atom is 0.133 e. The van der Waals surface area contributed by atoms with Crippen molar-refractivity contribution < 1.29 is 0 Å². The zero-order chi connectivity index (χ0) is 13.5. The second-order valence-electron chi connectivity index (χ2n) is 5.99. The Morgan fingerprint density at radius 1 is 1.20 bits per heavy atom. The maximum atomic E-state index is 4.88. The third-order valence-electron chi connectivity index (χ3n) is 4.17. The molecule has 1 aromatic carbocycles. The van der Waals surface area contributed by atoms with Gasteiger partial charge in [0.1, 0.15) is 5.82 Å². The monoisotopic (exact) mass is 265 g/mol. The van der Waals surface area contributed by atoms with Gasteiger partial charge in [-0.2, -0.15) is 0 Å². The summed E-state index contributed by atoms with van der Waals surface area (Å²) in [6.45, 7) is 3.98. The molecule has 0 bridgehead atoms. The summed E-state index contributed by atoms with van der Waals surface area (Å²) in [5, 5.41) is 3.41. The van der Waals surface area contributed by atoms with Gasteiger partial charge in [0.25, 0.3) is 0 Å². The Morgan fingerprint density at radius 3 is 2.90 bits per heavy atom. The van der Waals surface area contributed by atoms with E-state index < -0.39 is 0 Å². The molecule has 0 amide bonds. The molecule has 2 aliphatic rings. The first-order valence-electron chi connectivity index (χ1n) is 7.44. The van der Waals surface area contributed by atoms with E-state index in [9.17, 15) is 0 Å². The van der Waals surface area contributed by atoms with Gasteiger partial charge in [0, 0.05) is 31.0 Å². The first kappa shape index (κ1) is 12.0. The van der Waals surface area contributed by atoms with Crippen LogP contribution >= 0.6 is 0 Å². The molecule has 102 valence electrons. The van der Waals surface area contributed by atoms with Crippen LogP contribution in [0.25, 0.3) is 0 Å². The minimum absolute atomic E-state index is 0.697. The van der Waals surface area contributed by atoms with Crippen molar-refractivity contribution in [3.05, 3.63) is 58.2 Å². The first-order chi connectivity index (χ1) is 9.79. The molecule has 1 saturated carbocycles. The van der Waals surface area contributed by atoms with Crippen LogP contribution in [0.3, 0.4) is 0 Å². The van der Waals surface area contributed by atoms with Crippen LogP contribution in [0.5, 0.6) is 0 Å². The van der Waals surface area contributed by atoms with Crippen molar-refractivity contribution in [2.75, 3.05) is 0 Å². The average molecular weight is 265 g/mol. The minimum Gasteiger partial charge on any atom is -0.307 e. The summed E-state index contributed by atoms with van der Waals surface area (Å²) in [6.07, 6.45) is 3.44. The molecule has 3 nitrogen and oxygen atoms in total. The molecule has 2 heterocycles. The Labute approximate surface area is 119 Å². The van der Waals surface area contributed by atoms with Gasteiger partial charge in [0.2, 0.25) is 0 Å². The molecule has 2 aromatic rings. The fraction of sp³-hybridized carbons (Fsp3) is 0.412. The van der Waals surface area contributed by atoms with Crippen LogP contribution in [-0.2, 0) is 19.5 Å². The molecule has 1 fully saturated rings. The van der Waals surface area contributed by atoms with E-state index in [4.69, 9.17) is 9.97 Å². The lowest BCUT2D eigenvalue weighted by Crippen LogP contribution is -2.06. The minimum atomic E-state index is 0.697. The Bertz CT molecular complexity index is 659. The highest BCUT2D eigenvalue weighted by Crippen LogP contribution is 2.41. The van der Waals surface area contributed by atoms with Crippen molar-refractivity contribution in [2.45, 2.75) is 45.2 Å². The molecule has 3 heteroatoms. The van der Waals surface area contributed by atoms with E-state index in [0.29, 0.717) is 5.92 Å². The number of aryl methyl sites for hydroxylation is 1. The molecule has 0 radical (unpaired) electrons. The van der Waals surface area contributed by atoms with Gasteiger partial charge in [-0.3, -0.25) is 0 Å². The standard InChI is InChI=1S/C17H19N3/c1-11-3-2-4-12(7-11)8-16-19-15-10-18-9-14(15)17(20-16)13-5-6-13/h2-4,7,13,18H,5-6,8-10H2,1H3. The third-order valence-corrected chi connectivity index (χ3v) is 4.17. The molecule has 4 rings (SSSR count). The molecular formula is C17H19N3. The third kappa shape index (κ3) is 2.22. The predicted molar refractivity (Wildman–Crippen MR) is 78.5 cm³/mol. The number of fused-ring (bicyclic) bond motifs is 1. The first-order valence-corrected chi connectivity index (χ1v) is 7.44. The van der Waals surface area contributed by atoms with Crippen molar-refractivity contribution in [3.63, 3.8) is 0 Å². The number of rotatable bonds is 3. The van der Waals surface area contributed by atoms with Crippen LogP contribution in [0, 0.1) is 6.92 Å². The van der Waals surface area contributed by atoms with E-state index in [1.165, 1.54) is 40.9 Å². The number of nitrogens with one attached hydrogen (secondary N) is 1. The van der Waals surface area contributed by atoms with Gasteiger partial charge in [0.05, 0.1) is 11.4 Å². The largest absolute Gasteiger partial charge is 0.307 e. The normalized spacial score (nSPS) is 17.2. The topological polar surface area (TPSA) is 37.8 Å². The molecule has 1 aromatic heterocycles. The molecule has 0 saturated heterocycles. The summed E-state index contributed by atoms with van der Waals surface area (Å²) in [5.41, 5.74) is 6.53. The van der Waals surface area contributed by atoms with Crippen molar-refractivity contribution in [1.29, 1.82) is 0 Å². The van der Waals surface area contributed by atoms with Crippen LogP contribution in [0.1, 0.15) is 52.7 Å². The summed E-state index contributed by atoms with van der Waals surface area (Å²) >= 11 is 0. The van der Waals surface area contributed by atoms with Gasteiger partial charge in [-0.15, -0.1) is 0 Å². The number of nitrogens with zero attached hydrogens (tertiary/aromatic N) is 2. The highest BCUT2D eigenvalue weighted by molar-refractivity contribution is 5.35. The second kappa shape index (κ2) is 4.67. The molecule has 0 spiro atoms. The zero-order valence-electron chi connectivity index (χ0n) is 11.8. The molecule has 0 atom stereocenters. The van der Waals surface area contributed by atoms with E-state index in [1.807, 2.05) is 0 Å². The van der Waals surface area contributed by atoms with Gasteiger partial charge < -0.3 is 5.32 Å². The average Bonchev–Trinajstić information content (AvgIpc) is 3.16. The van der Waals surface area contributed by atoms with E-state index >= 15 is 0 Å². The van der Waals surface area contributed by atoms with Crippen LogP contribution < -0.4 is 5.32 Å². The lowest BCUT2D eigenvalue weighted by atomic mass is 10.1. The quantitative estimate of drug-likeness (QED) is 0.927. The lowest BCUT2D eigenvalue weighted by Gasteiger charge is -2.09. The van der Waals surface area contributed by atoms with Crippen LogP contribution in [0.4, 0.5) is 0 Å². The molecule has 0 unspecified atom stereocenters. The Morgan fingerprint density at radius 2 is 2.10 bits per heavy atom. The zero-order valence-corrected chi connectivity index (χ0v) is 11.8. The van der Waals surface area contributed by atoms with Crippen molar-refractivity contribution in [1.82, 2.24) is 15.3 Å². The van der Waals surface area contributed by atoms with Gasteiger partial charge in [-0.05, 0) is 25.3 Å². The molecule has 1 aliphatic carbocycles. The van der Waals surface area contributed by atoms with E-state index in [1.54, 1.807) is 0 Å². The molecule has 1 aliphatic heterocycles. The van der Waals surface area contributed by atoms with Crippen molar-refractivity contribution in [2.24, 2.45) is 0 Å². The molecule has 20 heavy (non-hydrogen) atoms. The highest BCUT2D eigenvalue weighted by atomic mass is 15.0. The van der Waals surface area contributed by atoms with E-state index in [0.717, 1.165) is 25.3 Å². The fourth-order valence-electron chi connectivity index (χ4n) is 3.03. The SMILES string of the molecule is Cc1cccc(Cc2nc3c(c(C4CC4)n2)CNC3)c1.